The fourth-order valence-corrected chi connectivity index (χ4v) is 6.59. The van der Waals surface area contributed by atoms with Gasteiger partial charge in [-0.1, -0.05) is 48.5 Å². The number of sulfonamides is 1. The number of anilines is 1. The molecule has 0 aromatic heterocycles. The molecule has 0 fully saturated rings. The number of hydrogen-bond donors (Lipinski definition) is 1. The maximum atomic E-state index is 15.0. The molecule has 12 heteroatoms. The SMILES string of the molecule is CCNC(=O)C(Cc1ccccc1)N(Cc1ccccc1F)C(=O)CN(c1ccc(OCC)cc1)S(=O)(=O)c1ccc(OC)c(OC)c1. The third-order valence-electron chi connectivity index (χ3n) is 7.58. The lowest BCUT2D eigenvalue weighted by Crippen LogP contribution is -2.53. The van der Waals surface area contributed by atoms with Gasteiger partial charge in [-0.2, -0.15) is 0 Å². The number of nitrogens with one attached hydrogen (secondary N) is 1. The third-order valence-corrected chi connectivity index (χ3v) is 9.35. The zero-order chi connectivity index (χ0) is 34.7. The molecule has 0 saturated heterocycles. The van der Waals surface area contributed by atoms with Crippen molar-refractivity contribution in [2.24, 2.45) is 0 Å². The quantitative estimate of drug-likeness (QED) is 0.173. The van der Waals surface area contributed by atoms with E-state index < -0.39 is 40.2 Å². The first-order valence-electron chi connectivity index (χ1n) is 15.4. The molecule has 0 aliphatic rings. The van der Waals surface area contributed by atoms with Gasteiger partial charge in [-0.05, 0) is 61.9 Å². The van der Waals surface area contributed by atoms with E-state index in [0.29, 0.717) is 18.1 Å². The molecule has 0 bridgehead atoms. The molecule has 1 N–H and O–H groups in total. The first-order chi connectivity index (χ1) is 23.1. The molecule has 0 heterocycles. The normalized spacial score (nSPS) is 11.7. The maximum absolute atomic E-state index is 15.0. The van der Waals surface area contributed by atoms with E-state index in [4.69, 9.17) is 14.2 Å². The van der Waals surface area contributed by atoms with Gasteiger partial charge in [0.25, 0.3) is 10.0 Å². The molecule has 48 heavy (non-hydrogen) atoms. The Kier molecular flexibility index (Phi) is 12.4. The van der Waals surface area contributed by atoms with E-state index in [-0.39, 0.29) is 41.4 Å². The Morgan fingerprint density at radius 2 is 1.52 bits per heavy atom. The van der Waals surface area contributed by atoms with E-state index in [1.54, 1.807) is 25.1 Å². The summed E-state index contributed by atoms with van der Waals surface area (Å²) < 4.78 is 60.9. The molecule has 0 aliphatic heterocycles. The van der Waals surface area contributed by atoms with Crippen LogP contribution in [-0.4, -0.2) is 65.1 Å². The lowest BCUT2D eigenvalue weighted by atomic mass is 10.0. The number of methoxy groups -OCH3 is 2. The fourth-order valence-electron chi connectivity index (χ4n) is 5.16. The first kappa shape index (κ1) is 35.7. The van der Waals surface area contributed by atoms with E-state index in [9.17, 15) is 18.0 Å². The Hall–Kier alpha value is -5.10. The summed E-state index contributed by atoms with van der Waals surface area (Å²) in [5, 5.41) is 2.79. The number of ether oxygens (including phenoxy) is 3. The highest BCUT2D eigenvalue weighted by atomic mass is 32.2. The van der Waals surface area contributed by atoms with Gasteiger partial charge in [0.05, 0.1) is 31.4 Å². The second kappa shape index (κ2) is 16.6. The predicted molar refractivity (Wildman–Crippen MR) is 181 cm³/mol. The van der Waals surface area contributed by atoms with Gasteiger partial charge in [0.15, 0.2) is 11.5 Å². The van der Waals surface area contributed by atoms with Crippen molar-refractivity contribution in [3.05, 3.63) is 114 Å². The zero-order valence-electron chi connectivity index (χ0n) is 27.4. The Bertz CT molecular complexity index is 1790. The van der Waals surface area contributed by atoms with Crippen molar-refractivity contribution >= 4 is 27.5 Å². The van der Waals surface area contributed by atoms with Crippen molar-refractivity contribution in [3.8, 4) is 17.2 Å². The van der Waals surface area contributed by atoms with Crippen LogP contribution >= 0.6 is 0 Å². The first-order valence-corrected chi connectivity index (χ1v) is 16.9. The van der Waals surface area contributed by atoms with Gasteiger partial charge in [0.1, 0.15) is 24.2 Å². The van der Waals surface area contributed by atoms with Crippen molar-refractivity contribution < 1.29 is 36.6 Å². The predicted octanol–water partition coefficient (Wildman–Crippen LogP) is 5.21. The minimum atomic E-state index is -4.43. The van der Waals surface area contributed by atoms with E-state index in [0.717, 1.165) is 9.87 Å². The number of amides is 2. The second-order valence-electron chi connectivity index (χ2n) is 10.7. The average Bonchev–Trinajstić information content (AvgIpc) is 3.10. The molecule has 1 unspecified atom stereocenters. The average molecular weight is 678 g/mol. The van der Waals surface area contributed by atoms with Crippen LogP contribution in [0.15, 0.2) is 102 Å². The van der Waals surface area contributed by atoms with Crippen LogP contribution in [0, 0.1) is 5.82 Å². The van der Waals surface area contributed by atoms with Crippen LogP contribution in [0.5, 0.6) is 17.2 Å². The molecule has 254 valence electrons. The molecule has 0 aliphatic carbocycles. The molecule has 4 rings (SSSR count). The molecule has 4 aromatic rings. The van der Waals surface area contributed by atoms with Gasteiger partial charge in [0, 0.05) is 31.1 Å². The van der Waals surface area contributed by atoms with Crippen molar-refractivity contribution in [3.63, 3.8) is 0 Å². The molecular formula is C36H40FN3O7S. The minimum Gasteiger partial charge on any atom is -0.494 e. The second-order valence-corrected chi connectivity index (χ2v) is 12.5. The summed E-state index contributed by atoms with van der Waals surface area (Å²) in [4.78, 5) is 29.2. The van der Waals surface area contributed by atoms with E-state index in [2.05, 4.69) is 5.32 Å². The largest absolute Gasteiger partial charge is 0.494 e. The summed E-state index contributed by atoms with van der Waals surface area (Å²) in [6.45, 7) is 3.28. The molecule has 0 spiro atoms. The lowest BCUT2D eigenvalue weighted by molar-refractivity contribution is -0.140. The standard InChI is InChI=1S/C36H40FN3O7S/c1-5-38-36(42)32(22-26-12-8-7-9-13-26)39(24-27-14-10-11-15-31(27)37)35(41)25-40(28-16-18-29(19-17-28)47-6-2)48(43,44)30-20-21-33(45-3)34(23-30)46-4/h7-21,23,32H,5-6,22,24-25H2,1-4H3,(H,38,42). The van der Waals surface area contributed by atoms with Crippen molar-refractivity contribution in [1.82, 2.24) is 10.2 Å². The number of nitrogens with zero attached hydrogens (tertiary/aromatic N) is 2. The van der Waals surface area contributed by atoms with Crippen molar-refractivity contribution in [2.75, 3.05) is 38.2 Å². The highest BCUT2D eigenvalue weighted by Crippen LogP contribution is 2.33. The number of carbonyl (C=O) groups excluding carboxylic acids is 2. The fraction of sp³-hybridized carbons (Fsp3) is 0.278. The van der Waals surface area contributed by atoms with Gasteiger partial charge >= 0.3 is 0 Å². The Balaban J connectivity index is 1.83. The number of benzene rings is 4. The number of hydrogen-bond acceptors (Lipinski definition) is 7. The minimum absolute atomic E-state index is 0.109. The Labute approximate surface area is 281 Å². The zero-order valence-corrected chi connectivity index (χ0v) is 28.2. The highest BCUT2D eigenvalue weighted by Gasteiger charge is 2.35. The smallest absolute Gasteiger partial charge is 0.264 e. The summed E-state index contributed by atoms with van der Waals surface area (Å²) in [5.41, 5.74) is 1.11. The van der Waals surface area contributed by atoms with Crippen LogP contribution in [0.3, 0.4) is 0 Å². The van der Waals surface area contributed by atoms with Crippen LogP contribution in [-0.2, 0) is 32.6 Å². The number of rotatable bonds is 16. The molecule has 0 saturated carbocycles. The summed E-state index contributed by atoms with van der Waals surface area (Å²) in [7, 11) is -1.61. The van der Waals surface area contributed by atoms with E-state index in [1.165, 1.54) is 67.7 Å². The van der Waals surface area contributed by atoms with Crippen LogP contribution < -0.4 is 23.8 Å². The summed E-state index contributed by atoms with van der Waals surface area (Å²) in [6.07, 6.45) is 0.109. The summed E-state index contributed by atoms with van der Waals surface area (Å²) >= 11 is 0. The van der Waals surface area contributed by atoms with E-state index in [1.807, 2.05) is 37.3 Å². The number of halogens is 1. The van der Waals surface area contributed by atoms with Crippen LogP contribution in [0.25, 0.3) is 0 Å². The van der Waals surface area contributed by atoms with Crippen LogP contribution in [0.2, 0.25) is 0 Å². The maximum Gasteiger partial charge on any atom is 0.264 e. The van der Waals surface area contributed by atoms with E-state index >= 15 is 4.39 Å². The molecule has 4 aromatic carbocycles. The van der Waals surface area contributed by atoms with Gasteiger partial charge in [-0.3, -0.25) is 13.9 Å². The van der Waals surface area contributed by atoms with Crippen molar-refractivity contribution in [1.29, 1.82) is 0 Å². The topological polar surface area (TPSA) is 114 Å². The highest BCUT2D eigenvalue weighted by molar-refractivity contribution is 7.92. The Morgan fingerprint density at radius 1 is 0.854 bits per heavy atom. The molecular weight excluding hydrogens is 637 g/mol. The van der Waals surface area contributed by atoms with Gasteiger partial charge in [-0.25, -0.2) is 12.8 Å². The van der Waals surface area contributed by atoms with Crippen molar-refractivity contribution in [2.45, 2.75) is 37.8 Å². The monoisotopic (exact) mass is 677 g/mol. The molecule has 1 atom stereocenters. The summed E-state index contributed by atoms with van der Waals surface area (Å²) in [6, 6.07) is 24.4. The summed E-state index contributed by atoms with van der Waals surface area (Å²) in [5.74, 6) is -0.731. The lowest BCUT2D eigenvalue weighted by Gasteiger charge is -2.34. The number of likely N-dealkylation sites (N-methyl/N-ethyl adjacent to an activating group) is 1. The molecule has 2 amide bonds. The van der Waals surface area contributed by atoms with Gasteiger partial charge in [0.2, 0.25) is 11.8 Å². The van der Waals surface area contributed by atoms with Gasteiger partial charge < -0.3 is 24.4 Å². The Morgan fingerprint density at radius 3 is 2.15 bits per heavy atom. The molecule has 10 nitrogen and oxygen atoms in total. The van der Waals surface area contributed by atoms with Crippen LogP contribution in [0.1, 0.15) is 25.0 Å². The van der Waals surface area contributed by atoms with Gasteiger partial charge in [-0.15, -0.1) is 0 Å². The molecule has 0 radical (unpaired) electrons. The van der Waals surface area contributed by atoms with Crippen LogP contribution in [0.4, 0.5) is 10.1 Å². The number of carbonyl (C=O) groups is 2. The third kappa shape index (κ3) is 8.62.